The highest BCUT2D eigenvalue weighted by molar-refractivity contribution is 4.92. The summed E-state index contributed by atoms with van der Waals surface area (Å²) in [4.78, 5) is 3.29. The Balaban J connectivity index is 2.80. The minimum Gasteiger partial charge on any atom is -0.351 e. The highest BCUT2D eigenvalue weighted by Crippen LogP contribution is 2.35. The van der Waals surface area contributed by atoms with Gasteiger partial charge in [0.05, 0.1) is 0 Å². The molecule has 1 rings (SSSR count). The van der Waals surface area contributed by atoms with Crippen molar-refractivity contribution in [2.45, 2.75) is 38.4 Å². The van der Waals surface area contributed by atoms with Crippen LogP contribution in [0.3, 0.4) is 0 Å². The first kappa shape index (κ1) is 10.5. The predicted molar refractivity (Wildman–Crippen MR) is 46.9 cm³/mol. The molecule has 74 valence electrons. The lowest BCUT2D eigenvalue weighted by Crippen LogP contribution is -2.59. The zero-order valence-corrected chi connectivity index (χ0v) is 8.46. The van der Waals surface area contributed by atoms with Crippen LogP contribution in [0.25, 0.3) is 4.85 Å². The average molecular weight is 185 g/mol. The summed E-state index contributed by atoms with van der Waals surface area (Å²) in [7, 11) is 1.57. The SMILES string of the molecule is [C-]#[N+]C1COC(C)(OC)C(C)(C)O1. The Morgan fingerprint density at radius 3 is 2.46 bits per heavy atom. The van der Waals surface area contributed by atoms with Crippen LogP contribution in [0.1, 0.15) is 20.8 Å². The molecule has 1 aliphatic heterocycles. The molecule has 2 atom stereocenters. The maximum absolute atomic E-state index is 6.84. The van der Waals surface area contributed by atoms with Gasteiger partial charge >= 0.3 is 6.23 Å². The molecule has 0 aromatic carbocycles. The standard InChI is InChI=1S/C9H15NO3/c1-8(2)9(3,11-5)12-6-7(10-4)13-8/h7H,6H2,1-3,5H3. The van der Waals surface area contributed by atoms with Crippen LogP contribution >= 0.6 is 0 Å². The lowest BCUT2D eigenvalue weighted by Gasteiger charge is -2.45. The van der Waals surface area contributed by atoms with Crippen molar-refractivity contribution in [3.63, 3.8) is 0 Å². The molecule has 0 aliphatic carbocycles. The van der Waals surface area contributed by atoms with Crippen molar-refractivity contribution in [1.29, 1.82) is 0 Å². The number of ether oxygens (including phenoxy) is 3. The van der Waals surface area contributed by atoms with Crippen molar-refractivity contribution >= 4 is 0 Å². The second kappa shape index (κ2) is 3.26. The Labute approximate surface area is 78.6 Å². The molecule has 0 radical (unpaired) electrons. The zero-order chi connectivity index (χ0) is 10.1. The van der Waals surface area contributed by atoms with Crippen molar-refractivity contribution in [2.75, 3.05) is 13.7 Å². The lowest BCUT2D eigenvalue weighted by atomic mass is 9.97. The summed E-state index contributed by atoms with van der Waals surface area (Å²) in [5, 5.41) is 0. The minimum absolute atomic E-state index is 0.261. The van der Waals surface area contributed by atoms with Gasteiger partial charge in [0.15, 0.2) is 12.4 Å². The van der Waals surface area contributed by atoms with Crippen molar-refractivity contribution in [2.24, 2.45) is 0 Å². The third-order valence-electron chi connectivity index (χ3n) is 2.56. The third kappa shape index (κ3) is 1.68. The van der Waals surface area contributed by atoms with E-state index in [1.807, 2.05) is 20.8 Å². The fraction of sp³-hybridized carbons (Fsp3) is 0.889. The van der Waals surface area contributed by atoms with E-state index in [4.69, 9.17) is 20.8 Å². The fourth-order valence-corrected chi connectivity index (χ4v) is 1.25. The van der Waals surface area contributed by atoms with Gasteiger partial charge in [-0.2, -0.15) is 0 Å². The van der Waals surface area contributed by atoms with E-state index in [-0.39, 0.29) is 6.61 Å². The van der Waals surface area contributed by atoms with Crippen molar-refractivity contribution in [3.8, 4) is 0 Å². The smallest absolute Gasteiger partial charge is 0.351 e. The highest BCUT2D eigenvalue weighted by Gasteiger charge is 2.51. The van der Waals surface area contributed by atoms with E-state index in [0.717, 1.165) is 0 Å². The molecule has 0 amide bonds. The van der Waals surface area contributed by atoms with Crippen LogP contribution in [0.15, 0.2) is 0 Å². The highest BCUT2D eigenvalue weighted by atomic mass is 16.7. The van der Waals surface area contributed by atoms with Crippen LogP contribution < -0.4 is 0 Å². The van der Waals surface area contributed by atoms with Gasteiger partial charge in [-0.05, 0) is 20.8 Å². The Hall–Kier alpha value is -0.630. The van der Waals surface area contributed by atoms with Crippen LogP contribution in [0, 0.1) is 6.57 Å². The Kier molecular flexibility index (Phi) is 2.62. The topological polar surface area (TPSA) is 32.0 Å². The molecule has 0 bridgehead atoms. The summed E-state index contributed by atoms with van der Waals surface area (Å²) in [5.41, 5.74) is -0.602. The molecule has 1 fully saturated rings. The second-order valence-electron chi connectivity index (χ2n) is 3.67. The summed E-state index contributed by atoms with van der Waals surface area (Å²) in [6.45, 7) is 12.6. The molecular formula is C9H15NO3. The van der Waals surface area contributed by atoms with Crippen LogP contribution in [0.2, 0.25) is 0 Å². The van der Waals surface area contributed by atoms with Gasteiger partial charge in [0.2, 0.25) is 0 Å². The van der Waals surface area contributed by atoms with Crippen molar-refractivity contribution in [1.82, 2.24) is 0 Å². The van der Waals surface area contributed by atoms with Crippen LogP contribution in [-0.4, -0.2) is 31.3 Å². The molecule has 0 saturated carbocycles. The Morgan fingerprint density at radius 1 is 1.46 bits per heavy atom. The first-order chi connectivity index (χ1) is 5.95. The molecule has 0 spiro atoms. The molecule has 0 N–H and O–H groups in total. The summed E-state index contributed by atoms with van der Waals surface area (Å²) >= 11 is 0. The zero-order valence-electron chi connectivity index (χ0n) is 8.46. The quantitative estimate of drug-likeness (QED) is 0.579. The van der Waals surface area contributed by atoms with E-state index >= 15 is 0 Å². The van der Waals surface area contributed by atoms with Gasteiger partial charge in [-0.25, -0.2) is 6.57 Å². The Bertz CT molecular complexity index is 234. The minimum atomic E-state index is -0.770. The lowest BCUT2D eigenvalue weighted by molar-refractivity contribution is -0.351. The maximum atomic E-state index is 6.84. The van der Waals surface area contributed by atoms with E-state index < -0.39 is 17.6 Å². The molecule has 4 nitrogen and oxygen atoms in total. The maximum Gasteiger partial charge on any atom is 0.351 e. The molecule has 4 heteroatoms. The van der Waals surface area contributed by atoms with Gasteiger partial charge in [0.25, 0.3) is 0 Å². The number of nitrogens with zero attached hydrogens (tertiary/aromatic N) is 1. The van der Waals surface area contributed by atoms with E-state index in [2.05, 4.69) is 4.85 Å². The summed E-state index contributed by atoms with van der Waals surface area (Å²) in [5.74, 6) is -0.770. The summed E-state index contributed by atoms with van der Waals surface area (Å²) in [6, 6.07) is 0. The number of methoxy groups -OCH3 is 1. The molecule has 0 aromatic rings. The van der Waals surface area contributed by atoms with E-state index in [1.54, 1.807) is 7.11 Å². The van der Waals surface area contributed by atoms with Crippen LogP contribution in [0.4, 0.5) is 0 Å². The van der Waals surface area contributed by atoms with Crippen molar-refractivity contribution < 1.29 is 14.2 Å². The monoisotopic (exact) mass is 185 g/mol. The first-order valence-corrected chi connectivity index (χ1v) is 4.19. The fourth-order valence-electron chi connectivity index (χ4n) is 1.25. The molecule has 2 unspecified atom stereocenters. The second-order valence-corrected chi connectivity index (χ2v) is 3.67. The third-order valence-corrected chi connectivity index (χ3v) is 2.56. The number of hydrogen-bond acceptors (Lipinski definition) is 3. The molecular weight excluding hydrogens is 170 g/mol. The van der Waals surface area contributed by atoms with Crippen molar-refractivity contribution in [3.05, 3.63) is 11.4 Å². The molecule has 1 saturated heterocycles. The van der Waals surface area contributed by atoms with Gasteiger partial charge in [0, 0.05) is 7.11 Å². The van der Waals surface area contributed by atoms with Gasteiger partial charge in [0.1, 0.15) is 5.60 Å². The average Bonchev–Trinajstić information content (AvgIpc) is 2.09. The van der Waals surface area contributed by atoms with E-state index in [9.17, 15) is 0 Å². The van der Waals surface area contributed by atoms with E-state index in [0.29, 0.717) is 0 Å². The van der Waals surface area contributed by atoms with Crippen LogP contribution in [0.5, 0.6) is 0 Å². The van der Waals surface area contributed by atoms with Gasteiger partial charge in [-0.3, -0.25) is 9.58 Å². The summed E-state index contributed by atoms with van der Waals surface area (Å²) in [6.07, 6.45) is -0.516. The largest absolute Gasteiger partial charge is 0.351 e. The summed E-state index contributed by atoms with van der Waals surface area (Å²) < 4.78 is 16.2. The van der Waals surface area contributed by atoms with Gasteiger partial charge in [-0.1, -0.05) is 0 Å². The molecule has 0 aromatic heterocycles. The first-order valence-electron chi connectivity index (χ1n) is 4.19. The van der Waals surface area contributed by atoms with Crippen LogP contribution in [-0.2, 0) is 14.2 Å². The molecule has 1 aliphatic rings. The van der Waals surface area contributed by atoms with Gasteiger partial charge < -0.3 is 9.47 Å². The normalized spacial score (nSPS) is 38.2. The number of rotatable bonds is 1. The van der Waals surface area contributed by atoms with Gasteiger partial charge in [-0.15, -0.1) is 0 Å². The predicted octanol–water partition coefficient (Wildman–Crippen LogP) is 1.42. The Morgan fingerprint density at radius 2 is 2.08 bits per heavy atom. The number of hydrogen-bond donors (Lipinski definition) is 0. The van der Waals surface area contributed by atoms with E-state index in [1.165, 1.54) is 0 Å². The molecule has 1 heterocycles. The molecule has 13 heavy (non-hydrogen) atoms.